The average Bonchev–Trinajstić information content (AvgIpc) is 2.39. The summed E-state index contributed by atoms with van der Waals surface area (Å²) in [5.74, 6) is 0.762. The van der Waals surface area contributed by atoms with E-state index in [1.807, 2.05) is 43.6 Å². The normalized spacial score (nSPS) is 10.7. The Bertz CT molecular complexity index is 517. The van der Waals surface area contributed by atoms with Gasteiger partial charge in [-0.25, -0.2) is 9.97 Å². The van der Waals surface area contributed by atoms with Crippen LogP contribution in [0.5, 0.6) is 0 Å². The van der Waals surface area contributed by atoms with Gasteiger partial charge in [-0.15, -0.1) is 0 Å². The molecule has 4 nitrogen and oxygen atoms in total. The van der Waals surface area contributed by atoms with Crippen molar-refractivity contribution in [3.05, 3.63) is 47.8 Å². The number of nitrogens with zero attached hydrogens (tertiary/aromatic N) is 3. The molecule has 4 heteroatoms. The first kappa shape index (κ1) is 13.3. The smallest absolute Gasteiger partial charge is 0.225 e. The van der Waals surface area contributed by atoms with E-state index in [0.717, 1.165) is 23.7 Å². The molecule has 19 heavy (non-hydrogen) atoms. The zero-order chi connectivity index (χ0) is 13.8. The summed E-state index contributed by atoms with van der Waals surface area (Å²) in [5.41, 5.74) is 8.76. The molecule has 0 aliphatic rings. The highest BCUT2D eigenvalue weighted by Crippen LogP contribution is 2.16. The molecule has 0 bridgehead atoms. The van der Waals surface area contributed by atoms with Crippen molar-refractivity contribution >= 4 is 11.6 Å². The van der Waals surface area contributed by atoms with E-state index in [-0.39, 0.29) is 0 Å². The highest BCUT2D eigenvalue weighted by atomic mass is 15.3. The number of anilines is 2. The molecule has 2 rings (SSSR count). The molecule has 0 radical (unpaired) electrons. The van der Waals surface area contributed by atoms with E-state index in [0.29, 0.717) is 6.04 Å². The van der Waals surface area contributed by atoms with Gasteiger partial charge in [0.15, 0.2) is 0 Å². The van der Waals surface area contributed by atoms with Crippen molar-refractivity contribution in [3.63, 3.8) is 0 Å². The fraction of sp³-hybridized carbons (Fsp3) is 0.333. The molecular weight excluding hydrogens is 236 g/mol. The maximum absolute atomic E-state index is 5.71. The van der Waals surface area contributed by atoms with Crippen LogP contribution in [0.3, 0.4) is 0 Å². The van der Waals surface area contributed by atoms with Gasteiger partial charge in [-0.2, -0.15) is 0 Å². The number of hydrogen-bond donors (Lipinski definition) is 1. The third kappa shape index (κ3) is 3.44. The lowest BCUT2D eigenvalue weighted by Gasteiger charge is -2.26. The molecule has 0 unspecified atom stereocenters. The van der Waals surface area contributed by atoms with Crippen LogP contribution in [-0.2, 0) is 6.54 Å². The number of rotatable bonds is 4. The predicted molar refractivity (Wildman–Crippen MR) is 78.9 cm³/mol. The second-order valence-electron chi connectivity index (χ2n) is 5.02. The highest BCUT2D eigenvalue weighted by Gasteiger charge is 2.13. The van der Waals surface area contributed by atoms with Crippen molar-refractivity contribution in [1.29, 1.82) is 0 Å². The summed E-state index contributed by atoms with van der Waals surface area (Å²) in [4.78, 5) is 11.0. The van der Waals surface area contributed by atoms with E-state index < -0.39 is 0 Å². The molecule has 0 aliphatic heterocycles. The third-order valence-corrected chi connectivity index (χ3v) is 2.98. The lowest BCUT2D eigenvalue weighted by Crippen LogP contribution is -2.31. The summed E-state index contributed by atoms with van der Waals surface area (Å²) < 4.78 is 0. The lowest BCUT2D eigenvalue weighted by molar-refractivity contribution is 0.660. The van der Waals surface area contributed by atoms with Gasteiger partial charge in [-0.1, -0.05) is 12.1 Å². The Morgan fingerprint density at radius 3 is 2.21 bits per heavy atom. The Labute approximate surface area is 114 Å². The van der Waals surface area contributed by atoms with Crippen LogP contribution in [0, 0.1) is 6.92 Å². The van der Waals surface area contributed by atoms with E-state index >= 15 is 0 Å². The minimum absolute atomic E-state index is 0.334. The van der Waals surface area contributed by atoms with Crippen LogP contribution in [-0.4, -0.2) is 16.0 Å². The molecule has 0 amide bonds. The van der Waals surface area contributed by atoms with Crippen molar-refractivity contribution in [2.75, 3.05) is 10.6 Å². The van der Waals surface area contributed by atoms with Crippen LogP contribution in [0.15, 0.2) is 36.7 Å². The Kier molecular flexibility index (Phi) is 4.00. The summed E-state index contributed by atoms with van der Waals surface area (Å²) in [6.45, 7) is 7.05. The molecule has 100 valence electrons. The summed E-state index contributed by atoms with van der Waals surface area (Å²) in [5, 5.41) is 0. The van der Waals surface area contributed by atoms with E-state index in [4.69, 9.17) is 5.73 Å². The topological polar surface area (TPSA) is 55.0 Å². The zero-order valence-corrected chi connectivity index (χ0v) is 11.7. The maximum atomic E-state index is 5.71. The van der Waals surface area contributed by atoms with Gasteiger partial charge in [0.1, 0.15) is 0 Å². The minimum Gasteiger partial charge on any atom is -0.399 e. The van der Waals surface area contributed by atoms with Crippen molar-refractivity contribution in [1.82, 2.24) is 9.97 Å². The molecular formula is C15H20N4. The fourth-order valence-corrected chi connectivity index (χ4v) is 1.84. The number of benzene rings is 1. The highest BCUT2D eigenvalue weighted by molar-refractivity contribution is 5.41. The van der Waals surface area contributed by atoms with Crippen LogP contribution >= 0.6 is 0 Å². The summed E-state index contributed by atoms with van der Waals surface area (Å²) in [6.07, 6.45) is 3.70. The first-order valence-corrected chi connectivity index (χ1v) is 6.46. The van der Waals surface area contributed by atoms with Gasteiger partial charge in [0.2, 0.25) is 5.95 Å². The first-order valence-electron chi connectivity index (χ1n) is 6.46. The Hall–Kier alpha value is -2.10. The van der Waals surface area contributed by atoms with E-state index in [1.54, 1.807) is 0 Å². The Morgan fingerprint density at radius 2 is 1.68 bits per heavy atom. The molecule has 0 saturated heterocycles. The third-order valence-electron chi connectivity index (χ3n) is 2.98. The molecule has 2 aromatic rings. The van der Waals surface area contributed by atoms with Crippen molar-refractivity contribution < 1.29 is 0 Å². The van der Waals surface area contributed by atoms with Crippen LogP contribution < -0.4 is 10.6 Å². The van der Waals surface area contributed by atoms with E-state index in [9.17, 15) is 0 Å². The van der Waals surface area contributed by atoms with Gasteiger partial charge in [-0.3, -0.25) is 0 Å². The monoisotopic (exact) mass is 256 g/mol. The zero-order valence-electron chi connectivity index (χ0n) is 11.7. The molecule has 1 aromatic heterocycles. The minimum atomic E-state index is 0.334. The second-order valence-corrected chi connectivity index (χ2v) is 5.02. The maximum Gasteiger partial charge on any atom is 0.225 e. The van der Waals surface area contributed by atoms with Crippen LogP contribution in [0.1, 0.15) is 25.0 Å². The summed E-state index contributed by atoms with van der Waals surface area (Å²) in [6, 6.07) is 8.26. The Balaban J connectivity index is 2.21. The molecule has 1 heterocycles. The molecule has 0 fully saturated rings. The standard InChI is InChI=1S/C15H20N4/c1-11(2)19(15-17-8-12(3)9-18-15)10-13-4-6-14(16)7-5-13/h4-9,11H,10,16H2,1-3H3. The van der Waals surface area contributed by atoms with E-state index in [2.05, 4.69) is 28.7 Å². The Morgan fingerprint density at radius 1 is 1.11 bits per heavy atom. The fourth-order valence-electron chi connectivity index (χ4n) is 1.84. The first-order chi connectivity index (χ1) is 9.06. The van der Waals surface area contributed by atoms with Crippen molar-refractivity contribution in [3.8, 4) is 0 Å². The molecule has 1 aromatic carbocycles. The van der Waals surface area contributed by atoms with Crippen LogP contribution in [0.25, 0.3) is 0 Å². The lowest BCUT2D eigenvalue weighted by atomic mass is 10.2. The van der Waals surface area contributed by atoms with Gasteiger partial charge in [0.05, 0.1) is 0 Å². The van der Waals surface area contributed by atoms with Crippen molar-refractivity contribution in [2.45, 2.75) is 33.4 Å². The number of nitrogens with two attached hydrogens (primary N) is 1. The molecule has 0 saturated carbocycles. The average molecular weight is 256 g/mol. The van der Waals surface area contributed by atoms with Crippen LogP contribution in [0.4, 0.5) is 11.6 Å². The second kappa shape index (κ2) is 5.69. The summed E-state index contributed by atoms with van der Waals surface area (Å²) >= 11 is 0. The van der Waals surface area contributed by atoms with Gasteiger partial charge < -0.3 is 10.6 Å². The van der Waals surface area contributed by atoms with E-state index in [1.165, 1.54) is 5.56 Å². The van der Waals surface area contributed by atoms with Gasteiger partial charge in [-0.05, 0) is 44.0 Å². The summed E-state index contributed by atoms with van der Waals surface area (Å²) in [7, 11) is 0. The predicted octanol–water partition coefficient (Wildman–Crippen LogP) is 2.78. The SMILES string of the molecule is Cc1cnc(N(Cc2ccc(N)cc2)C(C)C)nc1. The number of hydrogen-bond acceptors (Lipinski definition) is 4. The number of aryl methyl sites for hydroxylation is 1. The number of aromatic nitrogens is 2. The molecule has 0 aliphatic carbocycles. The quantitative estimate of drug-likeness (QED) is 0.855. The molecule has 0 spiro atoms. The van der Waals surface area contributed by atoms with Gasteiger partial charge in [0, 0.05) is 30.7 Å². The van der Waals surface area contributed by atoms with Gasteiger partial charge >= 0.3 is 0 Å². The van der Waals surface area contributed by atoms with Crippen LogP contribution in [0.2, 0.25) is 0 Å². The molecule has 2 N–H and O–H groups in total. The number of nitrogen functional groups attached to an aromatic ring is 1. The van der Waals surface area contributed by atoms with Gasteiger partial charge in [0.25, 0.3) is 0 Å². The van der Waals surface area contributed by atoms with Crippen molar-refractivity contribution in [2.24, 2.45) is 0 Å². The largest absolute Gasteiger partial charge is 0.399 e. The molecule has 0 atom stereocenters.